The SMILES string of the molecule is CNC(=O)c1ccc(OC2CC2)c(C=O)n1. The third-order valence-corrected chi connectivity index (χ3v) is 2.28. The molecule has 1 aromatic rings. The van der Waals surface area contributed by atoms with Gasteiger partial charge in [0.05, 0.1) is 6.10 Å². The van der Waals surface area contributed by atoms with Crippen molar-refractivity contribution in [2.24, 2.45) is 0 Å². The first-order chi connectivity index (χ1) is 7.74. The Labute approximate surface area is 92.8 Å². The van der Waals surface area contributed by atoms with E-state index in [4.69, 9.17) is 4.74 Å². The van der Waals surface area contributed by atoms with Crippen LogP contribution >= 0.6 is 0 Å². The molecule has 1 saturated carbocycles. The number of carbonyl (C=O) groups excluding carboxylic acids is 2. The maximum absolute atomic E-state index is 11.3. The minimum atomic E-state index is -0.318. The van der Waals surface area contributed by atoms with E-state index in [1.165, 1.54) is 7.05 Å². The Bertz CT molecular complexity index is 427. The molecule has 2 rings (SSSR count). The number of nitrogens with one attached hydrogen (secondary N) is 1. The number of amides is 1. The number of ether oxygens (including phenoxy) is 1. The molecule has 1 heterocycles. The zero-order valence-corrected chi connectivity index (χ0v) is 8.90. The molecular formula is C11H12N2O3. The maximum Gasteiger partial charge on any atom is 0.269 e. The number of rotatable bonds is 4. The van der Waals surface area contributed by atoms with Gasteiger partial charge in [-0.25, -0.2) is 4.98 Å². The number of pyridine rings is 1. The normalized spacial score (nSPS) is 14.3. The molecule has 0 radical (unpaired) electrons. The van der Waals surface area contributed by atoms with E-state index >= 15 is 0 Å². The molecule has 0 bridgehead atoms. The largest absolute Gasteiger partial charge is 0.488 e. The van der Waals surface area contributed by atoms with Crippen LogP contribution in [0, 0.1) is 0 Å². The van der Waals surface area contributed by atoms with E-state index in [0.717, 1.165) is 12.8 Å². The van der Waals surface area contributed by atoms with Crippen LogP contribution in [-0.4, -0.2) is 30.3 Å². The molecule has 0 saturated heterocycles. The predicted molar refractivity (Wildman–Crippen MR) is 56.7 cm³/mol. The van der Waals surface area contributed by atoms with E-state index in [1.807, 2.05) is 0 Å². The fraction of sp³-hybridized carbons (Fsp3) is 0.364. The molecule has 1 aromatic heterocycles. The standard InChI is InChI=1S/C11H12N2O3/c1-12-11(15)8-4-5-10(9(6-14)13-8)16-7-2-3-7/h4-7H,2-3H2,1H3,(H,12,15). The molecule has 1 N–H and O–H groups in total. The van der Waals surface area contributed by atoms with Crippen LogP contribution in [-0.2, 0) is 0 Å². The number of nitrogens with zero attached hydrogens (tertiary/aromatic N) is 1. The molecule has 1 aliphatic carbocycles. The summed E-state index contributed by atoms with van der Waals surface area (Å²) in [6.45, 7) is 0. The molecule has 0 spiro atoms. The van der Waals surface area contributed by atoms with Crippen molar-refractivity contribution in [1.82, 2.24) is 10.3 Å². The Morgan fingerprint density at radius 3 is 2.88 bits per heavy atom. The van der Waals surface area contributed by atoms with Gasteiger partial charge in [-0.15, -0.1) is 0 Å². The van der Waals surface area contributed by atoms with Crippen LogP contribution in [0.3, 0.4) is 0 Å². The topological polar surface area (TPSA) is 68.3 Å². The smallest absolute Gasteiger partial charge is 0.269 e. The second-order valence-corrected chi connectivity index (χ2v) is 3.59. The lowest BCUT2D eigenvalue weighted by atomic mass is 10.2. The van der Waals surface area contributed by atoms with Gasteiger partial charge < -0.3 is 10.1 Å². The van der Waals surface area contributed by atoms with E-state index in [9.17, 15) is 9.59 Å². The van der Waals surface area contributed by atoms with Gasteiger partial charge in [0.2, 0.25) is 0 Å². The lowest BCUT2D eigenvalue weighted by Gasteiger charge is -2.07. The quantitative estimate of drug-likeness (QED) is 0.762. The second kappa shape index (κ2) is 4.30. The van der Waals surface area contributed by atoms with Crippen molar-refractivity contribution in [1.29, 1.82) is 0 Å². The van der Waals surface area contributed by atoms with Crippen molar-refractivity contribution in [3.05, 3.63) is 23.5 Å². The van der Waals surface area contributed by atoms with Crippen LogP contribution in [0.15, 0.2) is 12.1 Å². The van der Waals surface area contributed by atoms with Gasteiger partial charge in [0, 0.05) is 7.05 Å². The molecule has 16 heavy (non-hydrogen) atoms. The van der Waals surface area contributed by atoms with Crippen LogP contribution in [0.2, 0.25) is 0 Å². The third-order valence-electron chi connectivity index (χ3n) is 2.28. The first-order valence-electron chi connectivity index (χ1n) is 5.09. The highest BCUT2D eigenvalue weighted by molar-refractivity contribution is 5.93. The molecule has 5 heteroatoms. The number of aromatic nitrogens is 1. The molecule has 0 aliphatic heterocycles. The van der Waals surface area contributed by atoms with Crippen LogP contribution in [0.1, 0.15) is 33.8 Å². The predicted octanol–water partition coefficient (Wildman–Crippen LogP) is 0.795. The Morgan fingerprint density at radius 1 is 1.56 bits per heavy atom. The van der Waals surface area contributed by atoms with Gasteiger partial charge in [-0.3, -0.25) is 9.59 Å². The van der Waals surface area contributed by atoms with E-state index in [-0.39, 0.29) is 23.4 Å². The van der Waals surface area contributed by atoms with Crippen molar-refractivity contribution in [3.8, 4) is 5.75 Å². The van der Waals surface area contributed by atoms with Gasteiger partial charge in [0.15, 0.2) is 6.29 Å². The Balaban J connectivity index is 2.26. The van der Waals surface area contributed by atoms with Crippen molar-refractivity contribution < 1.29 is 14.3 Å². The molecule has 0 atom stereocenters. The summed E-state index contributed by atoms with van der Waals surface area (Å²) in [5.41, 5.74) is 0.390. The van der Waals surface area contributed by atoms with Crippen LogP contribution in [0.4, 0.5) is 0 Å². The number of aldehydes is 1. The lowest BCUT2D eigenvalue weighted by Crippen LogP contribution is -2.19. The zero-order chi connectivity index (χ0) is 11.5. The monoisotopic (exact) mass is 220 g/mol. The minimum absolute atomic E-state index is 0.174. The fourth-order valence-corrected chi connectivity index (χ4v) is 1.27. The first-order valence-corrected chi connectivity index (χ1v) is 5.09. The van der Waals surface area contributed by atoms with Crippen molar-refractivity contribution >= 4 is 12.2 Å². The second-order valence-electron chi connectivity index (χ2n) is 3.59. The van der Waals surface area contributed by atoms with Gasteiger partial charge >= 0.3 is 0 Å². The van der Waals surface area contributed by atoms with E-state index in [2.05, 4.69) is 10.3 Å². The Morgan fingerprint density at radius 2 is 2.31 bits per heavy atom. The summed E-state index contributed by atoms with van der Waals surface area (Å²) in [7, 11) is 1.51. The fourth-order valence-electron chi connectivity index (χ4n) is 1.27. The summed E-state index contributed by atoms with van der Waals surface area (Å²) in [6, 6.07) is 3.16. The van der Waals surface area contributed by atoms with Gasteiger partial charge in [-0.05, 0) is 25.0 Å². The molecule has 0 aromatic carbocycles. The number of hydrogen-bond donors (Lipinski definition) is 1. The van der Waals surface area contributed by atoms with Crippen molar-refractivity contribution in [3.63, 3.8) is 0 Å². The van der Waals surface area contributed by atoms with E-state index < -0.39 is 0 Å². The maximum atomic E-state index is 11.3. The third kappa shape index (κ3) is 2.18. The van der Waals surface area contributed by atoms with E-state index in [1.54, 1.807) is 12.1 Å². The summed E-state index contributed by atoms with van der Waals surface area (Å²) in [6.07, 6.45) is 2.82. The Kier molecular flexibility index (Phi) is 2.85. The molecule has 84 valence electrons. The highest BCUT2D eigenvalue weighted by atomic mass is 16.5. The molecule has 0 unspecified atom stereocenters. The number of hydrogen-bond acceptors (Lipinski definition) is 4. The molecule has 1 amide bonds. The van der Waals surface area contributed by atoms with E-state index in [0.29, 0.717) is 12.0 Å². The van der Waals surface area contributed by atoms with Crippen molar-refractivity contribution in [2.75, 3.05) is 7.05 Å². The highest BCUT2D eigenvalue weighted by Gasteiger charge is 2.25. The molecule has 5 nitrogen and oxygen atoms in total. The zero-order valence-electron chi connectivity index (χ0n) is 8.90. The molecule has 1 fully saturated rings. The van der Waals surface area contributed by atoms with Gasteiger partial charge in [-0.1, -0.05) is 0 Å². The minimum Gasteiger partial charge on any atom is -0.488 e. The summed E-state index contributed by atoms with van der Waals surface area (Å²) in [5.74, 6) is 0.131. The highest BCUT2D eigenvalue weighted by Crippen LogP contribution is 2.27. The van der Waals surface area contributed by atoms with Gasteiger partial charge in [-0.2, -0.15) is 0 Å². The summed E-state index contributed by atoms with van der Waals surface area (Å²) >= 11 is 0. The van der Waals surface area contributed by atoms with Crippen molar-refractivity contribution in [2.45, 2.75) is 18.9 Å². The average Bonchev–Trinajstić information content (AvgIpc) is 3.12. The van der Waals surface area contributed by atoms with Gasteiger partial charge in [0.1, 0.15) is 17.1 Å². The Hall–Kier alpha value is -1.91. The van der Waals surface area contributed by atoms with Crippen LogP contribution in [0.5, 0.6) is 5.75 Å². The summed E-state index contributed by atoms with van der Waals surface area (Å²) in [4.78, 5) is 26.1. The summed E-state index contributed by atoms with van der Waals surface area (Å²) in [5, 5.41) is 2.45. The van der Waals surface area contributed by atoms with Gasteiger partial charge in [0.25, 0.3) is 5.91 Å². The average molecular weight is 220 g/mol. The summed E-state index contributed by atoms with van der Waals surface area (Å²) < 4.78 is 5.49. The van der Waals surface area contributed by atoms with Crippen LogP contribution in [0.25, 0.3) is 0 Å². The lowest BCUT2D eigenvalue weighted by molar-refractivity contribution is 0.0958. The number of carbonyl (C=O) groups is 2. The first kappa shape index (κ1) is 10.6. The van der Waals surface area contributed by atoms with Crippen LogP contribution < -0.4 is 10.1 Å². The molecule has 1 aliphatic rings. The molecular weight excluding hydrogens is 208 g/mol.